The van der Waals surface area contributed by atoms with Gasteiger partial charge in [0.05, 0.1) is 5.56 Å². The number of carbonyl (C=O) groups excluding carboxylic acids is 2. The van der Waals surface area contributed by atoms with Crippen LogP contribution in [-0.2, 0) is 16.1 Å². The smallest absolute Gasteiger partial charge is 0.338 e. The Hall–Kier alpha value is -3.14. The minimum atomic E-state index is -0.493. The maximum atomic E-state index is 12.2. The molecule has 0 aliphatic carbocycles. The van der Waals surface area contributed by atoms with Crippen molar-refractivity contribution in [2.24, 2.45) is 0 Å². The first kappa shape index (κ1) is 17.7. The van der Waals surface area contributed by atoms with Crippen LogP contribution in [0.4, 0.5) is 0 Å². The standard InChI is InChI=1S/C22H21NO3/c1-16-7-9-17(10-8-16)14-23(2)21(24)15-26-22(25)20-12-11-18-5-3-4-6-19(18)13-20/h3-13H,14-15H2,1-2H3. The van der Waals surface area contributed by atoms with Crippen LogP contribution in [0.15, 0.2) is 66.7 Å². The van der Waals surface area contributed by atoms with E-state index >= 15 is 0 Å². The van der Waals surface area contributed by atoms with Crippen LogP contribution in [0.25, 0.3) is 10.8 Å². The highest BCUT2D eigenvalue weighted by Gasteiger charge is 2.14. The van der Waals surface area contributed by atoms with E-state index in [1.807, 2.05) is 61.5 Å². The number of hydrogen-bond donors (Lipinski definition) is 0. The number of benzene rings is 3. The zero-order valence-corrected chi connectivity index (χ0v) is 14.9. The summed E-state index contributed by atoms with van der Waals surface area (Å²) in [5.74, 6) is -0.729. The first-order chi connectivity index (χ1) is 12.5. The molecule has 26 heavy (non-hydrogen) atoms. The SMILES string of the molecule is Cc1ccc(CN(C)C(=O)COC(=O)c2ccc3ccccc3c2)cc1. The zero-order chi connectivity index (χ0) is 18.5. The highest BCUT2D eigenvalue weighted by atomic mass is 16.5. The molecule has 4 heteroatoms. The fourth-order valence-corrected chi connectivity index (χ4v) is 2.69. The molecule has 132 valence electrons. The summed E-state index contributed by atoms with van der Waals surface area (Å²) in [5.41, 5.74) is 2.65. The third kappa shape index (κ3) is 4.28. The molecule has 0 aliphatic rings. The summed E-state index contributed by atoms with van der Waals surface area (Å²) in [4.78, 5) is 26.0. The summed E-state index contributed by atoms with van der Waals surface area (Å²) in [6.07, 6.45) is 0. The number of aryl methyl sites for hydroxylation is 1. The number of hydrogen-bond acceptors (Lipinski definition) is 3. The molecular formula is C22H21NO3. The third-order valence-electron chi connectivity index (χ3n) is 4.28. The lowest BCUT2D eigenvalue weighted by molar-refractivity contribution is -0.133. The van der Waals surface area contributed by atoms with Crippen LogP contribution in [0.1, 0.15) is 21.5 Å². The van der Waals surface area contributed by atoms with Crippen LogP contribution in [0, 0.1) is 6.92 Å². The van der Waals surface area contributed by atoms with Crippen LogP contribution in [-0.4, -0.2) is 30.4 Å². The van der Waals surface area contributed by atoms with Crippen molar-refractivity contribution in [1.82, 2.24) is 4.90 Å². The Morgan fingerprint density at radius 1 is 0.923 bits per heavy atom. The second-order valence-corrected chi connectivity index (χ2v) is 6.37. The first-order valence-corrected chi connectivity index (χ1v) is 8.48. The maximum Gasteiger partial charge on any atom is 0.338 e. The van der Waals surface area contributed by atoms with Crippen molar-refractivity contribution in [3.05, 3.63) is 83.4 Å². The van der Waals surface area contributed by atoms with Gasteiger partial charge in [0, 0.05) is 13.6 Å². The number of carbonyl (C=O) groups is 2. The van der Waals surface area contributed by atoms with Gasteiger partial charge >= 0.3 is 5.97 Å². The Morgan fingerprint density at radius 3 is 2.35 bits per heavy atom. The van der Waals surface area contributed by atoms with E-state index in [1.54, 1.807) is 24.1 Å². The van der Waals surface area contributed by atoms with Crippen molar-refractivity contribution < 1.29 is 14.3 Å². The minimum Gasteiger partial charge on any atom is -0.452 e. The van der Waals surface area contributed by atoms with Gasteiger partial charge in [0.1, 0.15) is 0 Å². The van der Waals surface area contributed by atoms with Crippen molar-refractivity contribution in [2.45, 2.75) is 13.5 Å². The molecule has 0 aromatic heterocycles. The van der Waals surface area contributed by atoms with Crippen molar-refractivity contribution in [3.63, 3.8) is 0 Å². The van der Waals surface area contributed by atoms with Crippen molar-refractivity contribution in [3.8, 4) is 0 Å². The van der Waals surface area contributed by atoms with Gasteiger partial charge in [-0.15, -0.1) is 0 Å². The summed E-state index contributed by atoms with van der Waals surface area (Å²) in [5, 5.41) is 2.02. The fraction of sp³-hybridized carbons (Fsp3) is 0.182. The molecule has 0 atom stereocenters. The lowest BCUT2D eigenvalue weighted by Gasteiger charge is -2.17. The molecule has 3 aromatic carbocycles. The van der Waals surface area contributed by atoms with Crippen LogP contribution < -0.4 is 0 Å². The average Bonchev–Trinajstić information content (AvgIpc) is 2.67. The first-order valence-electron chi connectivity index (χ1n) is 8.48. The van der Waals surface area contributed by atoms with Gasteiger partial charge < -0.3 is 9.64 Å². The predicted molar refractivity (Wildman–Crippen MR) is 102 cm³/mol. The van der Waals surface area contributed by atoms with E-state index in [0.29, 0.717) is 12.1 Å². The molecule has 0 unspecified atom stereocenters. The van der Waals surface area contributed by atoms with Gasteiger partial charge in [-0.05, 0) is 35.4 Å². The molecule has 0 bridgehead atoms. The summed E-state index contributed by atoms with van der Waals surface area (Å²) in [6.45, 7) is 2.23. The van der Waals surface area contributed by atoms with Gasteiger partial charge in [-0.25, -0.2) is 4.79 Å². The summed E-state index contributed by atoms with van der Waals surface area (Å²) in [7, 11) is 1.70. The van der Waals surface area contributed by atoms with E-state index in [-0.39, 0.29) is 12.5 Å². The third-order valence-corrected chi connectivity index (χ3v) is 4.28. The molecule has 0 aliphatic heterocycles. The Morgan fingerprint density at radius 2 is 1.62 bits per heavy atom. The van der Waals surface area contributed by atoms with Gasteiger partial charge in [0.15, 0.2) is 6.61 Å². The van der Waals surface area contributed by atoms with E-state index in [4.69, 9.17) is 4.74 Å². The van der Waals surface area contributed by atoms with Crippen molar-refractivity contribution >= 4 is 22.6 Å². The monoisotopic (exact) mass is 347 g/mol. The van der Waals surface area contributed by atoms with Crippen LogP contribution in [0.2, 0.25) is 0 Å². The van der Waals surface area contributed by atoms with Gasteiger partial charge in [-0.2, -0.15) is 0 Å². The Labute approximate surface area is 153 Å². The highest BCUT2D eigenvalue weighted by molar-refractivity contribution is 5.96. The quantitative estimate of drug-likeness (QED) is 0.656. The van der Waals surface area contributed by atoms with Gasteiger partial charge in [0.2, 0.25) is 0 Å². The number of ether oxygens (including phenoxy) is 1. The van der Waals surface area contributed by atoms with Gasteiger partial charge in [-0.1, -0.05) is 60.2 Å². The molecule has 0 spiro atoms. The number of likely N-dealkylation sites (N-methyl/N-ethyl adjacent to an activating group) is 1. The lowest BCUT2D eigenvalue weighted by Crippen LogP contribution is -2.30. The summed E-state index contributed by atoms with van der Waals surface area (Å²) in [6, 6.07) is 21.1. The summed E-state index contributed by atoms with van der Waals surface area (Å²) >= 11 is 0. The lowest BCUT2D eigenvalue weighted by atomic mass is 10.1. The Balaban J connectivity index is 1.57. The van der Waals surface area contributed by atoms with Crippen LogP contribution >= 0.6 is 0 Å². The maximum absolute atomic E-state index is 12.2. The second-order valence-electron chi connectivity index (χ2n) is 6.37. The number of rotatable bonds is 5. The molecule has 0 fully saturated rings. The van der Waals surface area contributed by atoms with Crippen molar-refractivity contribution in [2.75, 3.05) is 13.7 Å². The van der Waals surface area contributed by atoms with Crippen LogP contribution in [0.3, 0.4) is 0 Å². The average molecular weight is 347 g/mol. The Bertz CT molecular complexity index is 932. The molecule has 0 N–H and O–H groups in total. The summed E-state index contributed by atoms with van der Waals surface area (Å²) < 4.78 is 5.19. The largest absolute Gasteiger partial charge is 0.452 e. The Kier molecular flexibility index (Phi) is 5.32. The van der Waals surface area contributed by atoms with Gasteiger partial charge in [0.25, 0.3) is 5.91 Å². The zero-order valence-electron chi connectivity index (χ0n) is 14.9. The topological polar surface area (TPSA) is 46.6 Å². The molecule has 0 saturated heterocycles. The molecule has 4 nitrogen and oxygen atoms in total. The molecule has 0 saturated carbocycles. The highest BCUT2D eigenvalue weighted by Crippen LogP contribution is 2.16. The molecular weight excluding hydrogens is 326 g/mol. The van der Waals surface area contributed by atoms with E-state index < -0.39 is 5.97 Å². The number of amides is 1. The normalized spacial score (nSPS) is 10.5. The van der Waals surface area contributed by atoms with E-state index in [2.05, 4.69) is 0 Å². The molecule has 0 radical (unpaired) electrons. The number of nitrogens with zero attached hydrogens (tertiary/aromatic N) is 1. The number of fused-ring (bicyclic) bond motifs is 1. The predicted octanol–water partition coefficient (Wildman–Crippen LogP) is 3.96. The molecule has 0 heterocycles. The van der Waals surface area contributed by atoms with E-state index in [9.17, 15) is 9.59 Å². The van der Waals surface area contributed by atoms with E-state index in [0.717, 1.165) is 16.3 Å². The molecule has 3 rings (SSSR count). The van der Waals surface area contributed by atoms with Crippen molar-refractivity contribution in [1.29, 1.82) is 0 Å². The number of esters is 1. The van der Waals surface area contributed by atoms with Crippen LogP contribution in [0.5, 0.6) is 0 Å². The minimum absolute atomic E-state index is 0.236. The van der Waals surface area contributed by atoms with Gasteiger partial charge in [-0.3, -0.25) is 4.79 Å². The second kappa shape index (κ2) is 7.83. The van der Waals surface area contributed by atoms with E-state index in [1.165, 1.54) is 5.56 Å². The molecule has 3 aromatic rings. The fourth-order valence-electron chi connectivity index (χ4n) is 2.69. The molecule has 1 amide bonds.